The third-order valence-electron chi connectivity index (χ3n) is 3.82. The Labute approximate surface area is 152 Å². The predicted molar refractivity (Wildman–Crippen MR) is 94.4 cm³/mol. The lowest BCUT2D eigenvalue weighted by atomic mass is 10.0. The Kier molecular flexibility index (Phi) is 5.23. The van der Waals surface area contributed by atoms with Gasteiger partial charge in [0.1, 0.15) is 17.7 Å². The van der Waals surface area contributed by atoms with Gasteiger partial charge in [0, 0.05) is 11.1 Å². The number of carbonyl (C=O) groups is 2. The van der Waals surface area contributed by atoms with Gasteiger partial charge in [-0.15, -0.1) is 11.3 Å². The highest BCUT2D eigenvalue weighted by molar-refractivity contribution is 7.12. The van der Waals surface area contributed by atoms with Gasteiger partial charge in [-0.05, 0) is 42.6 Å². The fourth-order valence-corrected chi connectivity index (χ4v) is 3.19. The van der Waals surface area contributed by atoms with E-state index in [0.29, 0.717) is 4.88 Å². The molecule has 2 aromatic carbocycles. The molecule has 0 saturated heterocycles. The van der Waals surface area contributed by atoms with Gasteiger partial charge in [0.25, 0.3) is 0 Å². The SMILES string of the molecule is C[C@@H](OC(=O)c1ccccc1C(=O)c1cccs1)c1cc(F)ccc1F. The zero-order chi connectivity index (χ0) is 18.7. The fourth-order valence-electron chi connectivity index (χ4n) is 2.51. The van der Waals surface area contributed by atoms with Crippen molar-refractivity contribution >= 4 is 23.1 Å². The Morgan fingerprint density at radius 3 is 2.42 bits per heavy atom. The zero-order valence-electron chi connectivity index (χ0n) is 13.7. The Bertz CT molecular complexity index is 951. The van der Waals surface area contributed by atoms with Crippen LogP contribution in [-0.2, 0) is 4.74 Å². The van der Waals surface area contributed by atoms with E-state index in [1.54, 1.807) is 29.6 Å². The molecule has 1 aromatic heterocycles. The van der Waals surface area contributed by atoms with E-state index >= 15 is 0 Å². The number of rotatable bonds is 5. The van der Waals surface area contributed by atoms with Gasteiger partial charge >= 0.3 is 5.97 Å². The summed E-state index contributed by atoms with van der Waals surface area (Å²) in [6.07, 6.45) is -1.01. The van der Waals surface area contributed by atoms with Crippen LogP contribution >= 0.6 is 11.3 Å². The molecule has 0 radical (unpaired) electrons. The maximum absolute atomic E-state index is 13.9. The molecule has 3 aromatic rings. The van der Waals surface area contributed by atoms with Crippen LogP contribution in [0.5, 0.6) is 0 Å². The molecule has 0 spiro atoms. The summed E-state index contributed by atoms with van der Waals surface area (Å²) in [4.78, 5) is 25.6. The summed E-state index contributed by atoms with van der Waals surface area (Å²) < 4.78 is 32.5. The number of halogens is 2. The number of ketones is 1. The lowest BCUT2D eigenvalue weighted by Gasteiger charge is -2.15. The first-order chi connectivity index (χ1) is 12.5. The third-order valence-corrected chi connectivity index (χ3v) is 4.69. The molecule has 0 bridgehead atoms. The van der Waals surface area contributed by atoms with Crippen molar-refractivity contribution in [2.24, 2.45) is 0 Å². The number of hydrogen-bond acceptors (Lipinski definition) is 4. The number of ether oxygens (including phenoxy) is 1. The molecule has 0 N–H and O–H groups in total. The molecule has 0 aliphatic carbocycles. The quantitative estimate of drug-likeness (QED) is 0.458. The van der Waals surface area contributed by atoms with Crippen molar-refractivity contribution in [3.8, 4) is 0 Å². The average molecular weight is 372 g/mol. The van der Waals surface area contributed by atoms with Gasteiger partial charge in [-0.1, -0.05) is 24.3 Å². The average Bonchev–Trinajstić information content (AvgIpc) is 3.17. The minimum atomic E-state index is -1.01. The molecule has 1 heterocycles. The topological polar surface area (TPSA) is 43.4 Å². The normalized spacial score (nSPS) is 11.8. The Hall–Kier alpha value is -2.86. The summed E-state index contributed by atoms with van der Waals surface area (Å²) in [6, 6.07) is 12.6. The van der Waals surface area contributed by atoms with Crippen LogP contribution in [0.25, 0.3) is 0 Å². The second-order valence-corrected chi connectivity index (χ2v) is 6.51. The van der Waals surface area contributed by atoms with E-state index in [1.165, 1.54) is 30.4 Å². The molecule has 132 valence electrons. The highest BCUT2D eigenvalue weighted by atomic mass is 32.1. The van der Waals surface area contributed by atoms with Crippen molar-refractivity contribution in [2.75, 3.05) is 0 Å². The highest BCUT2D eigenvalue weighted by Crippen LogP contribution is 2.24. The van der Waals surface area contributed by atoms with Gasteiger partial charge in [0.05, 0.1) is 10.4 Å². The second kappa shape index (κ2) is 7.58. The van der Waals surface area contributed by atoms with Crippen molar-refractivity contribution in [3.63, 3.8) is 0 Å². The molecule has 1 atom stereocenters. The maximum atomic E-state index is 13.9. The molecule has 6 heteroatoms. The minimum Gasteiger partial charge on any atom is -0.454 e. The van der Waals surface area contributed by atoms with Gasteiger partial charge in [-0.25, -0.2) is 13.6 Å². The van der Waals surface area contributed by atoms with Gasteiger partial charge < -0.3 is 4.74 Å². The van der Waals surface area contributed by atoms with Gasteiger partial charge in [0.2, 0.25) is 5.78 Å². The largest absolute Gasteiger partial charge is 0.454 e. The lowest BCUT2D eigenvalue weighted by molar-refractivity contribution is 0.0328. The maximum Gasteiger partial charge on any atom is 0.339 e. The number of hydrogen-bond donors (Lipinski definition) is 0. The van der Waals surface area contributed by atoms with Gasteiger partial charge in [0.15, 0.2) is 0 Å². The molecule has 3 nitrogen and oxygen atoms in total. The van der Waals surface area contributed by atoms with E-state index < -0.39 is 23.7 Å². The molecule has 0 aliphatic rings. The molecular formula is C20H14F2O3S. The molecule has 26 heavy (non-hydrogen) atoms. The smallest absolute Gasteiger partial charge is 0.339 e. The van der Waals surface area contributed by atoms with E-state index in [-0.39, 0.29) is 22.5 Å². The van der Waals surface area contributed by atoms with E-state index in [1.807, 2.05) is 0 Å². The van der Waals surface area contributed by atoms with Gasteiger partial charge in [-0.2, -0.15) is 0 Å². The molecule has 0 saturated carbocycles. The van der Waals surface area contributed by atoms with Crippen LogP contribution in [0.3, 0.4) is 0 Å². The molecule has 3 rings (SSSR count). The fraction of sp³-hybridized carbons (Fsp3) is 0.100. The van der Waals surface area contributed by atoms with Crippen LogP contribution in [0.4, 0.5) is 8.78 Å². The molecule has 0 fully saturated rings. The Morgan fingerprint density at radius 1 is 1.00 bits per heavy atom. The van der Waals surface area contributed by atoms with Crippen molar-refractivity contribution in [3.05, 3.63) is 93.2 Å². The zero-order valence-corrected chi connectivity index (χ0v) is 14.6. The summed E-state index contributed by atoms with van der Waals surface area (Å²) in [7, 11) is 0. The van der Waals surface area contributed by atoms with Crippen LogP contribution in [-0.4, -0.2) is 11.8 Å². The first kappa shape index (κ1) is 17.9. The Morgan fingerprint density at radius 2 is 1.73 bits per heavy atom. The van der Waals surface area contributed by atoms with Crippen molar-refractivity contribution in [1.29, 1.82) is 0 Å². The van der Waals surface area contributed by atoms with Crippen molar-refractivity contribution in [2.45, 2.75) is 13.0 Å². The first-order valence-electron chi connectivity index (χ1n) is 7.80. The lowest BCUT2D eigenvalue weighted by Crippen LogP contribution is -2.15. The summed E-state index contributed by atoms with van der Waals surface area (Å²) in [6.45, 7) is 1.44. The first-order valence-corrected chi connectivity index (χ1v) is 8.68. The van der Waals surface area contributed by atoms with Crippen LogP contribution in [0, 0.1) is 11.6 Å². The predicted octanol–water partition coefficient (Wildman–Crippen LogP) is 5.18. The molecule has 0 amide bonds. The van der Waals surface area contributed by atoms with E-state index in [4.69, 9.17) is 4.74 Å². The number of esters is 1. The van der Waals surface area contributed by atoms with E-state index in [2.05, 4.69) is 0 Å². The van der Waals surface area contributed by atoms with Crippen molar-refractivity contribution < 1.29 is 23.1 Å². The second-order valence-electron chi connectivity index (χ2n) is 5.57. The summed E-state index contributed by atoms with van der Waals surface area (Å²) in [5, 5.41) is 1.77. The highest BCUT2D eigenvalue weighted by Gasteiger charge is 2.23. The van der Waals surface area contributed by atoms with Crippen LogP contribution in [0.1, 0.15) is 44.2 Å². The monoisotopic (exact) mass is 372 g/mol. The number of carbonyl (C=O) groups excluding carboxylic acids is 2. The van der Waals surface area contributed by atoms with Crippen LogP contribution in [0.2, 0.25) is 0 Å². The Balaban J connectivity index is 1.87. The number of benzene rings is 2. The molecule has 0 unspecified atom stereocenters. The third kappa shape index (κ3) is 3.70. The van der Waals surface area contributed by atoms with Crippen molar-refractivity contribution in [1.82, 2.24) is 0 Å². The van der Waals surface area contributed by atoms with E-state index in [9.17, 15) is 18.4 Å². The summed E-state index contributed by atoms with van der Waals surface area (Å²) >= 11 is 1.27. The molecule has 0 aliphatic heterocycles. The van der Waals surface area contributed by atoms with Crippen LogP contribution < -0.4 is 0 Å². The van der Waals surface area contributed by atoms with E-state index in [0.717, 1.165) is 18.2 Å². The summed E-state index contributed by atoms with van der Waals surface area (Å²) in [5.74, 6) is -2.37. The standard InChI is InChI=1S/C20H14F2O3S/c1-12(16-11-13(21)8-9-17(16)22)25-20(24)15-6-3-2-5-14(15)19(23)18-7-4-10-26-18/h2-12H,1H3/t12-/m1/s1. The van der Waals surface area contributed by atoms with Crippen LogP contribution in [0.15, 0.2) is 60.0 Å². The van der Waals surface area contributed by atoms with Gasteiger partial charge in [-0.3, -0.25) is 4.79 Å². The minimum absolute atomic E-state index is 0.0691. The number of thiophene rings is 1. The summed E-state index contributed by atoms with van der Waals surface area (Å²) in [5.41, 5.74) is 0.210. The molecular weight excluding hydrogens is 358 g/mol.